The van der Waals surface area contributed by atoms with E-state index in [1.807, 2.05) is 12.1 Å². The number of halogens is 1. The van der Waals surface area contributed by atoms with Gasteiger partial charge in [0, 0.05) is 9.13 Å². The average Bonchev–Trinajstić information content (AvgIpc) is 3.30. The van der Waals surface area contributed by atoms with Gasteiger partial charge in [-0.2, -0.15) is 5.10 Å². The maximum absolute atomic E-state index is 13.4. The minimum absolute atomic E-state index is 0.114. The number of carbonyl (C=O) groups excluding carboxylic acids is 1. The van der Waals surface area contributed by atoms with Gasteiger partial charge in [0.15, 0.2) is 0 Å². The van der Waals surface area contributed by atoms with Crippen molar-refractivity contribution >= 4 is 61.2 Å². The molecule has 0 unspecified atom stereocenters. The first kappa shape index (κ1) is 23.5. The summed E-state index contributed by atoms with van der Waals surface area (Å²) < 4.78 is 28.8. The van der Waals surface area contributed by atoms with Crippen molar-refractivity contribution in [2.75, 3.05) is 10.8 Å². The molecule has 35 heavy (non-hydrogen) atoms. The largest absolute Gasteiger partial charge is 0.271 e. The Morgan fingerprint density at radius 2 is 1.63 bits per heavy atom. The second kappa shape index (κ2) is 9.79. The van der Waals surface area contributed by atoms with Crippen molar-refractivity contribution in [3.05, 3.63) is 105 Å². The van der Waals surface area contributed by atoms with Crippen molar-refractivity contribution in [2.45, 2.75) is 17.7 Å². The third kappa shape index (κ3) is 4.81. The fourth-order valence-corrected chi connectivity index (χ4v) is 6.17. The van der Waals surface area contributed by atoms with Crippen LogP contribution in [0, 0.1) is 3.57 Å². The smallest absolute Gasteiger partial charge is 0.264 e. The van der Waals surface area contributed by atoms with Crippen molar-refractivity contribution in [3.8, 4) is 0 Å². The van der Waals surface area contributed by atoms with Crippen LogP contribution in [0.15, 0.2) is 94.9 Å². The van der Waals surface area contributed by atoms with Crippen LogP contribution in [0.25, 0.3) is 10.8 Å². The lowest BCUT2D eigenvalue weighted by Crippen LogP contribution is -2.39. The molecule has 0 aromatic heterocycles. The highest BCUT2D eigenvalue weighted by atomic mass is 127. The number of nitrogens with zero attached hydrogens (tertiary/aromatic N) is 2. The first-order valence-corrected chi connectivity index (χ1v) is 13.6. The summed E-state index contributed by atoms with van der Waals surface area (Å²) in [4.78, 5) is 12.9. The van der Waals surface area contributed by atoms with Crippen molar-refractivity contribution in [3.63, 3.8) is 0 Å². The summed E-state index contributed by atoms with van der Waals surface area (Å²) in [6.45, 7) is -0.404. The van der Waals surface area contributed by atoms with Gasteiger partial charge in [-0.1, -0.05) is 48.5 Å². The average molecular weight is 595 g/mol. The Morgan fingerprint density at radius 1 is 0.914 bits per heavy atom. The first-order chi connectivity index (χ1) is 16.9. The molecule has 0 saturated heterocycles. The minimum atomic E-state index is -3.95. The standard InChI is InChI=1S/C27H22IN3O3S/c28-22-13-15-23(16-14-22)31(35(33,34)24-6-2-1-3-7-24)18-26(32)30-29-17-21-12-11-20-10-9-19-5-4-8-25(21)27(19)20/h1-8,11-17H,9-10,18H2,(H,30,32)/b29-17-. The van der Waals surface area contributed by atoms with E-state index in [1.54, 1.807) is 48.7 Å². The fourth-order valence-electron chi connectivity index (χ4n) is 4.36. The van der Waals surface area contributed by atoms with E-state index in [0.29, 0.717) is 5.69 Å². The number of hydrogen-bond donors (Lipinski definition) is 1. The van der Waals surface area contributed by atoms with E-state index in [4.69, 9.17) is 0 Å². The molecule has 1 aliphatic carbocycles. The van der Waals surface area contributed by atoms with E-state index in [0.717, 1.165) is 31.7 Å². The number of benzene rings is 4. The molecule has 1 N–H and O–H groups in total. The van der Waals surface area contributed by atoms with E-state index in [-0.39, 0.29) is 4.90 Å². The molecule has 0 aliphatic heterocycles. The number of anilines is 1. The van der Waals surface area contributed by atoms with Crippen molar-refractivity contribution in [1.82, 2.24) is 5.43 Å². The Bertz CT molecular complexity index is 1530. The van der Waals surface area contributed by atoms with Gasteiger partial charge in [-0.25, -0.2) is 13.8 Å². The molecule has 0 radical (unpaired) electrons. The van der Waals surface area contributed by atoms with Crippen LogP contribution in [0.4, 0.5) is 5.69 Å². The van der Waals surface area contributed by atoms with Crippen LogP contribution in [-0.4, -0.2) is 27.1 Å². The van der Waals surface area contributed by atoms with Crippen LogP contribution >= 0.6 is 22.6 Å². The highest BCUT2D eigenvalue weighted by molar-refractivity contribution is 14.1. The van der Waals surface area contributed by atoms with Crippen LogP contribution in [0.2, 0.25) is 0 Å². The molecule has 0 bridgehead atoms. The fraction of sp³-hybridized carbons (Fsp3) is 0.111. The molecule has 5 rings (SSSR count). The maximum Gasteiger partial charge on any atom is 0.264 e. The second-order valence-corrected chi connectivity index (χ2v) is 11.4. The van der Waals surface area contributed by atoms with E-state index >= 15 is 0 Å². The lowest BCUT2D eigenvalue weighted by atomic mass is 10.0. The van der Waals surface area contributed by atoms with E-state index in [2.05, 4.69) is 51.3 Å². The number of aryl methyl sites for hydroxylation is 2. The lowest BCUT2D eigenvalue weighted by molar-refractivity contribution is -0.119. The molecule has 0 saturated carbocycles. The van der Waals surface area contributed by atoms with Gasteiger partial charge in [0.1, 0.15) is 6.54 Å². The number of hydrogen-bond acceptors (Lipinski definition) is 4. The van der Waals surface area contributed by atoms with Gasteiger partial charge in [-0.15, -0.1) is 0 Å². The predicted octanol–water partition coefficient (Wildman–Crippen LogP) is 4.89. The van der Waals surface area contributed by atoms with Crippen molar-refractivity contribution < 1.29 is 13.2 Å². The zero-order valence-corrected chi connectivity index (χ0v) is 21.7. The summed E-state index contributed by atoms with van der Waals surface area (Å²) in [7, 11) is -3.95. The summed E-state index contributed by atoms with van der Waals surface area (Å²) >= 11 is 2.15. The van der Waals surface area contributed by atoms with Crippen LogP contribution in [0.3, 0.4) is 0 Å². The number of sulfonamides is 1. The third-order valence-corrected chi connectivity index (χ3v) is 8.54. The van der Waals surface area contributed by atoms with Gasteiger partial charge in [0.05, 0.1) is 16.8 Å². The van der Waals surface area contributed by atoms with E-state index in [9.17, 15) is 13.2 Å². The molecular formula is C27H22IN3O3S. The summed E-state index contributed by atoms with van der Waals surface area (Å²) in [6, 6.07) is 25.4. The van der Waals surface area contributed by atoms with Crippen LogP contribution in [-0.2, 0) is 27.7 Å². The normalized spacial score (nSPS) is 12.8. The highest BCUT2D eigenvalue weighted by Crippen LogP contribution is 2.32. The Kier molecular flexibility index (Phi) is 6.57. The Hall–Kier alpha value is -3.24. The van der Waals surface area contributed by atoms with Crippen LogP contribution in [0.1, 0.15) is 16.7 Å². The molecule has 0 spiro atoms. The monoisotopic (exact) mass is 595 g/mol. The van der Waals surface area contributed by atoms with Gasteiger partial charge >= 0.3 is 0 Å². The van der Waals surface area contributed by atoms with E-state index < -0.39 is 22.5 Å². The molecule has 0 fully saturated rings. The minimum Gasteiger partial charge on any atom is -0.271 e. The lowest BCUT2D eigenvalue weighted by Gasteiger charge is -2.23. The Labute approximate surface area is 217 Å². The topological polar surface area (TPSA) is 78.8 Å². The Morgan fingerprint density at radius 3 is 2.37 bits per heavy atom. The van der Waals surface area contributed by atoms with Gasteiger partial charge in [0.25, 0.3) is 15.9 Å². The third-order valence-electron chi connectivity index (χ3n) is 6.04. The predicted molar refractivity (Wildman–Crippen MR) is 147 cm³/mol. The zero-order valence-electron chi connectivity index (χ0n) is 18.7. The second-order valence-electron chi connectivity index (χ2n) is 8.25. The van der Waals surface area contributed by atoms with Gasteiger partial charge in [-0.3, -0.25) is 9.10 Å². The molecule has 4 aromatic rings. The number of nitrogens with one attached hydrogen (secondary N) is 1. The number of amides is 1. The zero-order chi connectivity index (χ0) is 24.4. The molecule has 6 nitrogen and oxygen atoms in total. The molecule has 176 valence electrons. The van der Waals surface area contributed by atoms with Crippen LogP contribution in [0.5, 0.6) is 0 Å². The summed E-state index contributed by atoms with van der Waals surface area (Å²) in [6.07, 6.45) is 3.68. The summed E-state index contributed by atoms with van der Waals surface area (Å²) in [5.41, 5.74) is 6.46. The molecular weight excluding hydrogens is 573 g/mol. The SMILES string of the molecule is O=C(CN(c1ccc(I)cc1)S(=O)(=O)c1ccccc1)N/N=C\c1ccc2c3c(cccc13)CC2. The highest BCUT2D eigenvalue weighted by Gasteiger charge is 2.27. The summed E-state index contributed by atoms with van der Waals surface area (Å²) in [5.74, 6) is -0.537. The quantitative estimate of drug-likeness (QED) is 0.188. The van der Waals surface area contributed by atoms with Crippen molar-refractivity contribution in [1.29, 1.82) is 0 Å². The maximum atomic E-state index is 13.4. The van der Waals surface area contributed by atoms with E-state index in [1.165, 1.54) is 28.6 Å². The summed E-state index contributed by atoms with van der Waals surface area (Å²) in [5, 5.41) is 6.50. The molecule has 1 amide bonds. The molecule has 4 aromatic carbocycles. The Balaban J connectivity index is 1.38. The molecule has 1 aliphatic rings. The van der Waals surface area contributed by atoms with Crippen LogP contribution < -0.4 is 9.73 Å². The molecule has 0 atom stereocenters. The number of carbonyl (C=O) groups is 1. The van der Waals surface area contributed by atoms with Gasteiger partial charge in [-0.05, 0) is 93.7 Å². The van der Waals surface area contributed by atoms with Crippen molar-refractivity contribution in [2.24, 2.45) is 5.10 Å². The van der Waals surface area contributed by atoms with Gasteiger partial charge < -0.3 is 0 Å². The first-order valence-electron chi connectivity index (χ1n) is 11.1. The number of rotatable bonds is 7. The molecule has 0 heterocycles. The van der Waals surface area contributed by atoms with Gasteiger partial charge in [0.2, 0.25) is 0 Å². The molecule has 8 heteroatoms. The number of hydrazone groups is 1.